The molecule has 0 unspecified atom stereocenters. The van der Waals surface area contributed by atoms with Crippen LogP contribution in [0.5, 0.6) is 5.75 Å². The smallest absolute Gasteiger partial charge is 0.494 e. The van der Waals surface area contributed by atoms with Crippen molar-refractivity contribution in [2.24, 2.45) is 5.73 Å². The Morgan fingerprint density at radius 1 is 0.500 bits per heavy atom. The van der Waals surface area contributed by atoms with Crippen molar-refractivity contribution in [3.63, 3.8) is 0 Å². The second-order valence-electron chi connectivity index (χ2n) is 12.1. The van der Waals surface area contributed by atoms with Gasteiger partial charge in [0.2, 0.25) is 0 Å². The van der Waals surface area contributed by atoms with Crippen molar-refractivity contribution in [3.05, 3.63) is 144 Å². The van der Waals surface area contributed by atoms with Gasteiger partial charge in [-0.15, -0.1) is 35.4 Å². The van der Waals surface area contributed by atoms with Crippen molar-refractivity contribution in [1.82, 2.24) is 24.9 Å². The van der Waals surface area contributed by atoms with E-state index in [0.29, 0.717) is 0 Å². The van der Waals surface area contributed by atoms with Crippen molar-refractivity contribution in [2.45, 2.75) is 60.3 Å². The third kappa shape index (κ3) is 13.7. The Hall–Kier alpha value is -4.63. The van der Waals surface area contributed by atoms with Gasteiger partial charge in [0.05, 0.1) is 29.4 Å². The fourth-order valence-electron chi connectivity index (χ4n) is 4.87. The third-order valence-electron chi connectivity index (χ3n) is 7.52. The molecule has 50 heavy (non-hydrogen) atoms. The maximum Gasteiger partial charge on any atom is 1.00 e. The summed E-state index contributed by atoms with van der Waals surface area (Å²) in [5, 5.41) is 0. The first-order valence-corrected chi connectivity index (χ1v) is 16.8. The fourth-order valence-corrected chi connectivity index (χ4v) is 4.87. The van der Waals surface area contributed by atoms with Crippen molar-refractivity contribution >= 4 is 0 Å². The number of aryl methyl sites for hydroxylation is 5. The molecule has 0 aliphatic carbocycles. The van der Waals surface area contributed by atoms with Crippen molar-refractivity contribution in [1.29, 1.82) is 0 Å². The molecule has 5 aromatic heterocycles. The van der Waals surface area contributed by atoms with Gasteiger partial charge in [0.25, 0.3) is 0 Å². The second-order valence-corrected chi connectivity index (χ2v) is 12.1. The predicted molar refractivity (Wildman–Crippen MR) is 200 cm³/mol. The van der Waals surface area contributed by atoms with E-state index in [2.05, 4.69) is 71.7 Å². The van der Waals surface area contributed by atoms with Gasteiger partial charge in [-0.2, -0.15) is 0 Å². The zero-order valence-corrected chi connectivity index (χ0v) is 32.3. The zero-order chi connectivity index (χ0) is 34.8. The van der Waals surface area contributed by atoms with Crippen LogP contribution in [0, 0.1) is 40.7 Å². The molecule has 0 fully saturated rings. The number of aromatic nitrogens is 5. The van der Waals surface area contributed by atoms with E-state index in [9.17, 15) is 0 Å². The molecule has 0 bridgehead atoms. The van der Waals surface area contributed by atoms with Crippen LogP contribution >= 0.6 is 0 Å². The molecule has 0 aliphatic heterocycles. The summed E-state index contributed by atoms with van der Waals surface area (Å²) in [6.45, 7) is 11.8. The third-order valence-corrected chi connectivity index (χ3v) is 7.52. The van der Waals surface area contributed by atoms with Gasteiger partial charge in [-0.3, -0.25) is 19.9 Å². The van der Waals surface area contributed by atoms with Crippen LogP contribution in [0.4, 0.5) is 0 Å². The van der Waals surface area contributed by atoms with Crippen molar-refractivity contribution < 1.29 is 24.5 Å². The molecule has 6 rings (SSSR count). The first kappa shape index (κ1) is 39.8. The topological polar surface area (TPSA) is 99.7 Å². The molecular formula is C42H47N6OOs. The van der Waals surface area contributed by atoms with E-state index in [4.69, 9.17) is 10.5 Å². The van der Waals surface area contributed by atoms with E-state index in [1.54, 1.807) is 6.20 Å². The summed E-state index contributed by atoms with van der Waals surface area (Å²) in [4.78, 5) is 21.5. The van der Waals surface area contributed by atoms with Gasteiger partial charge in [-0.1, -0.05) is 19.8 Å². The van der Waals surface area contributed by atoms with Crippen LogP contribution in [0.3, 0.4) is 0 Å². The SMILES string of the molecule is Cc1cc[c-]c(-c2cc(OCCCCCCN)ccn2)c1.Cc1ccnc(-c2cc(C)ccn2)c1.Cc1ccnc(-c2cc(C)ccn2)c1.[Os+]. The normalized spacial score (nSPS) is 10.1. The molecule has 0 amide bonds. The number of unbranched alkanes of at least 4 members (excludes halogenated alkanes) is 3. The van der Waals surface area contributed by atoms with Gasteiger partial charge in [-0.05, 0) is 136 Å². The van der Waals surface area contributed by atoms with Gasteiger partial charge in [-0.25, -0.2) is 0 Å². The summed E-state index contributed by atoms with van der Waals surface area (Å²) in [5.74, 6) is 0.869. The van der Waals surface area contributed by atoms with Crippen LogP contribution < -0.4 is 10.5 Å². The average Bonchev–Trinajstić information content (AvgIpc) is 3.11. The number of nitrogens with two attached hydrogens (primary N) is 1. The minimum absolute atomic E-state index is 0. The molecule has 0 atom stereocenters. The molecular weight excluding hydrogens is 795 g/mol. The summed E-state index contributed by atoms with van der Waals surface area (Å²) >= 11 is 0. The van der Waals surface area contributed by atoms with E-state index < -0.39 is 0 Å². The van der Waals surface area contributed by atoms with Crippen molar-refractivity contribution in [2.75, 3.05) is 13.2 Å². The van der Waals surface area contributed by atoms with Gasteiger partial charge in [0.1, 0.15) is 5.75 Å². The van der Waals surface area contributed by atoms with E-state index >= 15 is 0 Å². The van der Waals surface area contributed by atoms with Gasteiger partial charge < -0.3 is 15.5 Å². The number of nitrogens with zero attached hydrogens (tertiary/aromatic N) is 5. The van der Waals surface area contributed by atoms with Crippen LogP contribution in [-0.2, 0) is 19.8 Å². The standard InChI is InChI=1S/C18H23N2O.2C12H12N2.Os/c1-15-7-6-8-16(13-15)18-14-17(9-11-20-18)21-12-5-3-2-4-10-19;2*1-9-3-5-13-11(7-9)12-8-10(2)4-6-14-12;/h6-7,9,11,13-14H,2-5,10,12,19H2,1H3;2*3-8H,1-2H3;/q-1;;;+1. The van der Waals surface area contributed by atoms with Crippen LogP contribution in [0.2, 0.25) is 0 Å². The molecule has 259 valence electrons. The molecule has 0 saturated carbocycles. The fraction of sp³-hybridized carbons (Fsp3) is 0.262. The van der Waals surface area contributed by atoms with E-state index in [-0.39, 0.29) is 19.8 Å². The van der Waals surface area contributed by atoms with Crippen LogP contribution in [0.25, 0.3) is 34.0 Å². The molecule has 0 saturated heterocycles. The number of pyridine rings is 5. The summed E-state index contributed by atoms with van der Waals surface area (Å²) in [6.07, 6.45) is 13.6. The molecule has 5 heterocycles. The number of hydrogen-bond donors (Lipinski definition) is 1. The summed E-state index contributed by atoms with van der Waals surface area (Å²) in [5.41, 5.74) is 17.2. The molecule has 2 N–H and O–H groups in total. The van der Waals surface area contributed by atoms with Crippen LogP contribution in [0.1, 0.15) is 53.5 Å². The Kier molecular flexibility index (Phi) is 17.1. The van der Waals surface area contributed by atoms with E-state index in [0.717, 1.165) is 65.8 Å². The van der Waals surface area contributed by atoms with E-state index in [1.807, 2.05) is 97.6 Å². The molecule has 0 aliphatic rings. The maximum absolute atomic E-state index is 5.79. The Morgan fingerprint density at radius 3 is 1.36 bits per heavy atom. The molecule has 1 aromatic carbocycles. The van der Waals surface area contributed by atoms with Gasteiger partial charge in [0, 0.05) is 31.0 Å². The molecule has 7 nitrogen and oxygen atoms in total. The number of rotatable bonds is 10. The number of ether oxygens (including phenoxy) is 1. The molecule has 0 spiro atoms. The summed E-state index contributed by atoms with van der Waals surface area (Å²) < 4.78 is 5.79. The quantitative estimate of drug-likeness (QED) is 0.109. The summed E-state index contributed by atoms with van der Waals surface area (Å²) in [7, 11) is 0. The molecule has 8 heteroatoms. The zero-order valence-electron chi connectivity index (χ0n) is 29.7. The molecule has 6 aromatic rings. The Morgan fingerprint density at radius 2 is 0.920 bits per heavy atom. The Labute approximate surface area is 310 Å². The van der Waals surface area contributed by atoms with Crippen LogP contribution in [-0.4, -0.2) is 38.1 Å². The molecule has 1 radical (unpaired) electrons. The van der Waals surface area contributed by atoms with E-state index in [1.165, 1.54) is 40.7 Å². The second kappa shape index (κ2) is 21.5. The minimum atomic E-state index is 0. The van der Waals surface area contributed by atoms with Crippen molar-refractivity contribution in [3.8, 4) is 39.8 Å². The monoisotopic (exact) mass is 843 g/mol. The largest absolute Gasteiger partial charge is 1.00 e. The van der Waals surface area contributed by atoms with Crippen LogP contribution in [0.15, 0.2) is 110 Å². The van der Waals surface area contributed by atoms with Gasteiger partial charge >= 0.3 is 19.8 Å². The van der Waals surface area contributed by atoms with Gasteiger partial charge in [0.15, 0.2) is 0 Å². The Balaban J connectivity index is 0.000000207. The predicted octanol–water partition coefficient (Wildman–Crippen LogP) is 9.27. The average molecular weight is 842 g/mol. The number of benzene rings is 1. The number of hydrogen-bond acceptors (Lipinski definition) is 7. The first-order valence-electron chi connectivity index (χ1n) is 16.8. The first-order chi connectivity index (χ1) is 23.8. The summed E-state index contributed by atoms with van der Waals surface area (Å²) in [6, 6.07) is 29.3. The Bertz CT molecular complexity index is 1720. The maximum atomic E-state index is 5.79. The minimum Gasteiger partial charge on any atom is -0.494 e.